The Kier molecular flexibility index (Phi) is 3.33. The van der Waals surface area contributed by atoms with E-state index in [1.165, 1.54) is 6.08 Å². The largest absolute Gasteiger partial charge is 0.368 e. The van der Waals surface area contributed by atoms with Crippen LogP contribution in [0.15, 0.2) is 70.8 Å². The van der Waals surface area contributed by atoms with E-state index in [1.807, 2.05) is 48.6 Å². The number of hydrogen-bond acceptors (Lipinski definition) is 3. The number of carbonyl (C=O) groups excluding carboxylic acids is 1. The molecule has 1 aliphatic carbocycles. The van der Waals surface area contributed by atoms with E-state index in [4.69, 9.17) is 9.47 Å². The maximum Gasteiger partial charge on any atom is 0.270 e. The zero-order valence-corrected chi connectivity index (χ0v) is 11.9. The van der Waals surface area contributed by atoms with E-state index in [0.717, 1.165) is 23.3 Å². The van der Waals surface area contributed by atoms with E-state index in [2.05, 4.69) is 4.99 Å². The molecule has 2 heterocycles. The highest BCUT2D eigenvalue weighted by molar-refractivity contribution is 6.17. The van der Waals surface area contributed by atoms with Crippen LogP contribution in [0.2, 0.25) is 0 Å². The fourth-order valence-corrected chi connectivity index (χ4v) is 2.69. The average molecular weight is 293 g/mol. The Balaban J connectivity index is 1.57. The average Bonchev–Trinajstić information content (AvgIpc) is 3.38. The Bertz CT molecular complexity index is 724. The smallest absolute Gasteiger partial charge is 0.270 e. The van der Waals surface area contributed by atoms with Crippen LogP contribution in [-0.2, 0) is 20.9 Å². The second-order valence-corrected chi connectivity index (χ2v) is 5.44. The van der Waals surface area contributed by atoms with Crippen LogP contribution in [0.25, 0.3) is 0 Å². The van der Waals surface area contributed by atoms with Gasteiger partial charge in [-0.3, -0.25) is 4.79 Å². The number of nitrogens with zero attached hydrogens (tertiary/aromatic N) is 1. The normalized spacial score (nSPS) is 26.0. The Morgan fingerprint density at radius 2 is 2.00 bits per heavy atom. The van der Waals surface area contributed by atoms with Gasteiger partial charge in [-0.25, -0.2) is 4.99 Å². The summed E-state index contributed by atoms with van der Waals surface area (Å²) in [5.41, 5.74) is 3.83. The Morgan fingerprint density at radius 3 is 2.77 bits per heavy atom. The minimum absolute atomic E-state index is 0.129. The van der Waals surface area contributed by atoms with Crippen LogP contribution in [0.4, 0.5) is 0 Å². The van der Waals surface area contributed by atoms with Gasteiger partial charge in [-0.1, -0.05) is 36.4 Å². The molecule has 4 heteroatoms. The number of rotatable bonds is 4. The van der Waals surface area contributed by atoms with Crippen molar-refractivity contribution in [2.45, 2.75) is 18.8 Å². The first-order chi connectivity index (χ1) is 10.8. The van der Waals surface area contributed by atoms with Gasteiger partial charge >= 0.3 is 0 Å². The predicted octanol–water partition coefficient (Wildman–Crippen LogP) is 2.37. The Hall–Kier alpha value is -2.30. The molecule has 1 aromatic rings. The van der Waals surface area contributed by atoms with Crippen molar-refractivity contribution in [2.75, 3.05) is 6.61 Å². The van der Waals surface area contributed by atoms with Gasteiger partial charge in [0.05, 0.1) is 18.9 Å². The number of carbonyl (C=O) groups is 1. The Labute approximate surface area is 128 Å². The molecular weight excluding hydrogens is 278 g/mol. The van der Waals surface area contributed by atoms with Crippen LogP contribution < -0.4 is 0 Å². The Morgan fingerprint density at radius 1 is 1.18 bits per heavy atom. The summed E-state index contributed by atoms with van der Waals surface area (Å²) in [4.78, 5) is 15.8. The summed E-state index contributed by atoms with van der Waals surface area (Å²) >= 11 is 0. The summed E-state index contributed by atoms with van der Waals surface area (Å²) < 4.78 is 11.3. The van der Waals surface area contributed by atoms with E-state index in [9.17, 15) is 4.79 Å². The van der Waals surface area contributed by atoms with Gasteiger partial charge in [-0.2, -0.15) is 0 Å². The summed E-state index contributed by atoms with van der Waals surface area (Å²) in [6.07, 6.45) is 7.13. The fraction of sp³-hybridized carbons (Fsp3) is 0.222. The summed E-state index contributed by atoms with van der Waals surface area (Å²) in [5, 5.41) is 0. The van der Waals surface area contributed by atoms with Crippen molar-refractivity contribution in [3.05, 3.63) is 71.3 Å². The molecule has 1 fully saturated rings. The van der Waals surface area contributed by atoms with Crippen molar-refractivity contribution < 1.29 is 14.3 Å². The molecule has 0 N–H and O–H groups in total. The standard InChI is InChI=1S/C18H15NO3/c20-17-9-7-14-13(16-11-22-16)6-8-15(18(14)19-17)21-10-12-4-2-1-3-5-12/h1-9,15-16H,10-11H2. The van der Waals surface area contributed by atoms with Gasteiger partial charge in [0.15, 0.2) is 0 Å². The maximum atomic E-state index is 11.6. The number of aliphatic imine (C=N–C) groups is 1. The number of amides is 1. The minimum atomic E-state index is -0.299. The topological polar surface area (TPSA) is 51.2 Å². The quantitative estimate of drug-likeness (QED) is 0.801. The molecule has 2 unspecified atom stereocenters. The lowest BCUT2D eigenvalue weighted by Crippen LogP contribution is -2.30. The van der Waals surface area contributed by atoms with Crippen LogP contribution >= 0.6 is 0 Å². The third kappa shape index (κ3) is 2.58. The number of benzene rings is 1. The molecule has 0 radical (unpaired) electrons. The molecule has 1 amide bonds. The first-order valence-corrected chi connectivity index (χ1v) is 7.32. The van der Waals surface area contributed by atoms with Gasteiger partial charge in [0, 0.05) is 11.6 Å². The maximum absolute atomic E-state index is 11.6. The van der Waals surface area contributed by atoms with Crippen LogP contribution in [0.1, 0.15) is 5.56 Å². The van der Waals surface area contributed by atoms with Gasteiger partial charge in [-0.15, -0.1) is 0 Å². The molecule has 2 atom stereocenters. The molecule has 0 spiro atoms. The minimum Gasteiger partial charge on any atom is -0.368 e. The third-order valence-corrected chi connectivity index (χ3v) is 3.88. The van der Waals surface area contributed by atoms with Crippen LogP contribution in [0.3, 0.4) is 0 Å². The number of fused-ring (bicyclic) bond motifs is 1. The molecule has 110 valence electrons. The number of ether oxygens (including phenoxy) is 2. The highest BCUT2D eigenvalue weighted by atomic mass is 16.6. The molecule has 2 aliphatic heterocycles. The van der Waals surface area contributed by atoms with E-state index in [1.54, 1.807) is 0 Å². The van der Waals surface area contributed by atoms with E-state index >= 15 is 0 Å². The summed E-state index contributed by atoms with van der Waals surface area (Å²) in [7, 11) is 0. The first-order valence-electron chi connectivity index (χ1n) is 7.32. The lowest BCUT2D eigenvalue weighted by Gasteiger charge is -2.24. The molecule has 22 heavy (non-hydrogen) atoms. The van der Waals surface area contributed by atoms with Crippen molar-refractivity contribution >= 4 is 11.6 Å². The number of hydrogen-bond donors (Lipinski definition) is 0. The van der Waals surface area contributed by atoms with Crippen molar-refractivity contribution in [2.24, 2.45) is 4.99 Å². The van der Waals surface area contributed by atoms with Crippen molar-refractivity contribution in [3.8, 4) is 0 Å². The molecule has 0 saturated carbocycles. The number of allylic oxidation sites excluding steroid dienone is 1. The zero-order valence-electron chi connectivity index (χ0n) is 11.9. The molecular formula is C18H15NO3. The van der Waals surface area contributed by atoms with Gasteiger partial charge in [0.1, 0.15) is 12.2 Å². The van der Waals surface area contributed by atoms with Crippen LogP contribution in [-0.4, -0.2) is 30.4 Å². The highest BCUT2D eigenvalue weighted by Crippen LogP contribution is 2.31. The third-order valence-electron chi connectivity index (χ3n) is 3.88. The van der Waals surface area contributed by atoms with Crippen molar-refractivity contribution in [1.29, 1.82) is 0 Å². The molecule has 0 aromatic heterocycles. The summed E-state index contributed by atoms with van der Waals surface area (Å²) in [6.45, 7) is 1.21. The molecule has 4 nitrogen and oxygen atoms in total. The van der Waals surface area contributed by atoms with E-state index < -0.39 is 0 Å². The lowest BCUT2D eigenvalue weighted by molar-refractivity contribution is -0.113. The van der Waals surface area contributed by atoms with Crippen molar-refractivity contribution in [1.82, 2.24) is 0 Å². The lowest BCUT2D eigenvalue weighted by atomic mass is 9.90. The van der Waals surface area contributed by atoms with Crippen LogP contribution in [0.5, 0.6) is 0 Å². The zero-order chi connectivity index (χ0) is 14.9. The first kappa shape index (κ1) is 13.4. The summed E-state index contributed by atoms with van der Waals surface area (Å²) in [5.74, 6) is -0.238. The molecule has 0 bridgehead atoms. The van der Waals surface area contributed by atoms with Gasteiger partial charge in [-0.05, 0) is 23.3 Å². The molecule has 1 aromatic carbocycles. The van der Waals surface area contributed by atoms with Gasteiger partial charge in [0.25, 0.3) is 5.91 Å². The van der Waals surface area contributed by atoms with Gasteiger partial charge < -0.3 is 9.47 Å². The second-order valence-electron chi connectivity index (χ2n) is 5.44. The fourth-order valence-electron chi connectivity index (χ4n) is 2.69. The molecule has 4 rings (SSSR count). The van der Waals surface area contributed by atoms with E-state index in [-0.39, 0.29) is 18.1 Å². The SMILES string of the molecule is O=C1C=CC2=C(C3CO3)C=CC(OCc3ccccc3)C2=N1. The second kappa shape index (κ2) is 5.48. The van der Waals surface area contributed by atoms with Crippen molar-refractivity contribution in [3.63, 3.8) is 0 Å². The van der Waals surface area contributed by atoms with Gasteiger partial charge in [0.2, 0.25) is 0 Å². The number of epoxide rings is 1. The monoisotopic (exact) mass is 293 g/mol. The number of dihydropyridines is 1. The predicted molar refractivity (Wildman–Crippen MR) is 82.5 cm³/mol. The molecule has 1 saturated heterocycles. The summed E-state index contributed by atoms with van der Waals surface area (Å²) in [6, 6.07) is 9.96. The highest BCUT2D eigenvalue weighted by Gasteiger charge is 2.34. The van der Waals surface area contributed by atoms with E-state index in [0.29, 0.717) is 12.3 Å². The van der Waals surface area contributed by atoms with Crippen LogP contribution in [0, 0.1) is 0 Å². The molecule has 3 aliphatic rings.